The molecule has 0 aromatic heterocycles. The number of carbonyl (C=O) groups is 2. The quantitative estimate of drug-likeness (QED) is 0.610. The Morgan fingerprint density at radius 2 is 2.00 bits per heavy atom. The van der Waals surface area contributed by atoms with Crippen molar-refractivity contribution >= 4 is 30.9 Å². The van der Waals surface area contributed by atoms with Gasteiger partial charge in [-0.15, -0.1) is 0 Å². The van der Waals surface area contributed by atoms with Gasteiger partial charge in [0.25, 0.3) is 0 Å². The van der Waals surface area contributed by atoms with E-state index >= 15 is 0 Å². The first kappa shape index (κ1) is 15.3. The average Bonchev–Trinajstić information content (AvgIpc) is 2.47. The van der Waals surface area contributed by atoms with Crippen LogP contribution in [0.4, 0.5) is 4.79 Å². The van der Waals surface area contributed by atoms with Gasteiger partial charge in [-0.1, -0.05) is 0 Å². The van der Waals surface area contributed by atoms with E-state index < -0.39 is 23.7 Å². The Bertz CT molecular complexity index is 277. The molecule has 1 fully saturated rings. The van der Waals surface area contributed by atoms with Gasteiger partial charge >= 0.3 is 30.9 Å². The second kappa shape index (κ2) is 5.57. The number of hydrogen-bond donors (Lipinski definition) is 2. The Balaban J connectivity index is 0.00000225. The van der Waals surface area contributed by atoms with E-state index in [4.69, 9.17) is 9.84 Å². The number of hydrogen-bond acceptors (Lipinski definition) is 4. The monoisotopic (exact) mass is 224 g/mol. The van der Waals surface area contributed by atoms with Crippen LogP contribution in [-0.2, 0) is 9.53 Å². The van der Waals surface area contributed by atoms with E-state index in [0.29, 0.717) is 13.0 Å². The minimum atomic E-state index is -1.02. The Kier molecular flexibility index (Phi) is 5.33. The van der Waals surface area contributed by atoms with Gasteiger partial charge in [0.1, 0.15) is 5.60 Å². The summed E-state index contributed by atoms with van der Waals surface area (Å²) in [7, 11) is 0. The first-order chi connectivity index (χ1) is 6.81. The van der Waals surface area contributed by atoms with Crippen molar-refractivity contribution in [2.75, 3.05) is 6.54 Å². The zero-order chi connectivity index (χ0) is 11.6. The second-order valence-electron chi connectivity index (χ2n) is 4.40. The molecule has 6 nitrogen and oxygen atoms in total. The zero-order valence-corrected chi connectivity index (χ0v) is 9.11. The predicted octanol–water partition coefficient (Wildman–Crippen LogP) is -0.0635. The fourth-order valence-corrected chi connectivity index (χ4v) is 1.30. The molecule has 1 amide bonds. The number of carboxylic acids is 1. The number of carboxylic acid groups (broad SMARTS) is 1. The van der Waals surface area contributed by atoms with Gasteiger partial charge in [-0.05, 0) is 27.2 Å². The average molecular weight is 224 g/mol. The van der Waals surface area contributed by atoms with E-state index in [1.165, 1.54) is 0 Å². The summed E-state index contributed by atoms with van der Waals surface area (Å²) in [5.41, 5.74) is 2.07. The maximum absolute atomic E-state index is 11.6. The van der Waals surface area contributed by atoms with Crippen molar-refractivity contribution in [3.8, 4) is 0 Å². The summed E-state index contributed by atoms with van der Waals surface area (Å²) in [5.74, 6) is -1.02. The van der Waals surface area contributed by atoms with E-state index in [-0.39, 0.29) is 18.9 Å². The van der Waals surface area contributed by atoms with Gasteiger partial charge in [-0.25, -0.2) is 20.0 Å². The van der Waals surface area contributed by atoms with E-state index in [9.17, 15) is 9.59 Å². The molecule has 1 heterocycles. The first-order valence-corrected chi connectivity index (χ1v) is 4.80. The molecule has 1 unspecified atom stereocenters. The summed E-state index contributed by atoms with van der Waals surface area (Å²) >= 11 is 0. The Morgan fingerprint density at radius 3 is 2.44 bits per heavy atom. The van der Waals surface area contributed by atoms with Gasteiger partial charge in [0, 0.05) is 6.54 Å². The van der Waals surface area contributed by atoms with Crippen LogP contribution < -0.4 is 5.43 Å². The molecule has 7 heteroatoms. The molecule has 0 spiro atoms. The Labute approximate surface area is 106 Å². The summed E-state index contributed by atoms with van der Waals surface area (Å²) in [5, 5.41) is 9.88. The molecule has 0 radical (unpaired) electrons. The van der Waals surface area contributed by atoms with Gasteiger partial charge in [-0.3, -0.25) is 0 Å². The number of rotatable bonds is 1. The van der Waals surface area contributed by atoms with Gasteiger partial charge < -0.3 is 9.84 Å². The summed E-state index contributed by atoms with van der Waals surface area (Å²) in [6.45, 7) is 5.67. The molecular formula is C9H17LiN2O4. The molecule has 1 saturated heterocycles. The molecular weight excluding hydrogens is 207 g/mol. The fourth-order valence-electron chi connectivity index (χ4n) is 1.30. The SMILES string of the molecule is CC(C)(C)OC(=O)N1NCCC1C(=O)O.[LiH]. The molecule has 0 aliphatic carbocycles. The standard InChI is InChI=1S/C9H16N2O4.Li.H/c1-9(2,3)15-8(14)11-6(7(12)13)4-5-10-11;;/h6,10H,4-5H2,1-3H3,(H,12,13);;. The zero-order valence-electron chi connectivity index (χ0n) is 9.11. The van der Waals surface area contributed by atoms with Crippen molar-refractivity contribution in [2.24, 2.45) is 0 Å². The third-order valence-electron chi connectivity index (χ3n) is 1.89. The summed E-state index contributed by atoms with van der Waals surface area (Å²) < 4.78 is 5.06. The third kappa shape index (κ3) is 4.04. The molecule has 1 atom stereocenters. The molecule has 1 rings (SSSR count). The minimum absolute atomic E-state index is 0. The summed E-state index contributed by atoms with van der Waals surface area (Å²) in [6, 6.07) is -0.833. The van der Waals surface area contributed by atoms with Crippen LogP contribution in [0.1, 0.15) is 27.2 Å². The number of amides is 1. The first-order valence-electron chi connectivity index (χ1n) is 4.80. The number of nitrogens with one attached hydrogen (secondary N) is 1. The number of aliphatic carboxylic acids is 1. The predicted molar refractivity (Wildman–Crippen MR) is 59.3 cm³/mol. The Morgan fingerprint density at radius 1 is 1.44 bits per heavy atom. The fraction of sp³-hybridized carbons (Fsp3) is 0.778. The number of ether oxygens (including phenoxy) is 1. The number of nitrogens with zero attached hydrogens (tertiary/aromatic N) is 1. The number of carbonyl (C=O) groups excluding carboxylic acids is 1. The molecule has 16 heavy (non-hydrogen) atoms. The molecule has 1 aliphatic rings. The van der Waals surface area contributed by atoms with Crippen LogP contribution in [0.3, 0.4) is 0 Å². The third-order valence-corrected chi connectivity index (χ3v) is 1.89. The second-order valence-corrected chi connectivity index (χ2v) is 4.40. The van der Waals surface area contributed by atoms with Crippen LogP contribution in [0.25, 0.3) is 0 Å². The molecule has 0 bridgehead atoms. The molecule has 0 aromatic carbocycles. The maximum atomic E-state index is 11.6. The van der Waals surface area contributed by atoms with Crippen LogP contribution in [0.5, 0.6) is 0 Å². The van der Waals surface area contributed by atoms with Gasteiger partial charge in [-0.2, -0.15) is 0 Å². The van der Waals surface area contributed by atoms with E-state index in [2.05, 4.69) is 5.43 Å². The van der Waals surface area contributed by atoms with Gasteiger partial charge in [0.2, 0.25) is 0 Å². The van der Waals surface area contributed by atoms with Crippen LogP contribution in [-0.4, -0.2) is 59.2 Å². The molecule has 0 saturated carbocycles. The molecule has 0 aromatic rings. The normalized spacial score (nSPS) is 20.2. The van der Waals surface area contributed by atoms with Crippen LogP contribution in [0, 0.1) is 0 Å². The van der Waals surface area contributed by atoms with Crippen LogP contribution in [0.2, 0.25) is 0 Å². The molecule has 88 valence electrons. The van der Waals surface area contributed by atoms with Crippen LogP contribution in [0.15, 0.2) is 0 Å². The van der Waals surface area contributed by atoms with Gasteiger partial charge in [0.15, 0.2) is 6.04 Å². The van der Waals surface area contributed by atoms with E-state index in [0.717, 1.165) is 5.01 Å². The summed E-state index contributed by atoms with van der Waals surface area (Å²) in [4.78, 5) is 22.3. The Hall–Kier alpha value is -0.703. The topological polar surface area (TPSA) is 78.9 Å². The van der Waals surface area contributed by atoms with E-state index in [1.54, 1.807) is 20.8 Å². The number of hydrazine groups is 1. The van der Waals surface area contributed by atoms with Crippen molar-refractivity contribution in [3.05, 3.63) is 0 Å². The van der Waals surface area contributed by atoms with E-state index in [1.807, 2.05) is 0 Å². The van der Waals surface area contributed by atoms with Crippen molar-refractivity contribution in [1.29, 1.82) is 0 Å². The van der Waals surface area contributed by atoms with Crippen molar-refractivity contribution in [2.45, 2.75) is 38.8 Å². The van der Waals surface area contributed by atoms with Gasteiger partial charge in [0.05, 0.1) is 0 Å². The van der Waals surface area contributed by atoms with Crippen molar-refractivity contribution in [3.63, 3.8) is 0 Å². The molecule has 1 aliphatic heterocycles. The molecule has 2 N–H and O–H groups in total. The van der Waals surface area contributed by atoms with Crippen molar-refractivity contribution in [1.82, 2.24) is 10.4 Å². The summed E-state index contributed by atoms with van der Waals surface area (Å²) in [6.07, 6.45) is -0.249. The van der Waals surface area contributed by atoms with Crippen LogP contribution >= 0.6 is 0 Å². The van der Waals surface area contributed by atoms with Crippen molar-refractivity contribution < 1.29 is 19.4 Å².